The standard InChI is InChI=1S/C13H16N4O/c1-8(2)17-10-5-6-15-13-12(10)9(7-16-13)3-4-11(14)18/h3-8H,1-2H3,(H2,14,18)(H2,15,16,17)/b4-3+. The fourth-order valence-corrected chi connectivity index (χ4v) is 1.82. The summed E-state index contributed by atoms with van der Waals surface area (Å²) in [5.41, 5.74) is 7.76. The Bertz CT molecular complexity index is 598. The summed E-state index contributed by atoms with van der Waals surface area (Å²) in [6.07, 6.45) is 6.58. The Kier molecular flexibility index (Phi) is 3.32. The fourth-order valence-electron chi connectivity index (χ4n) is 1.82. The molecule has 0 aliphatic rings. The number of nitrogens with two attached hydrogens (primary N) is 1. The Morgan fingerprint density at radius 3 is 3.00 bits per heavy atom. The smallest absolute Gasteiger partial charge is 0.241 e. The number of fused-ring (bicyclic) bond motifs is 1. The first-order valence-electron chi connectivity index (χ1n) is 5.78. The first-order valence-corrected chi connectivity index (χ1v) is 5.78. The molecule has 0 bridgehead atoms. The van der Waals surface area contributed by atoms with Crippen LogP contribution >= 0.6 is 0 Å². The number of H-pyrrole nitrogens is 1. The van der Waals surface area contributed by atoms with Crippen molar-refractivity contribution < 1.29 is 4.79 Å². The van der Waals surface area contributed by atoms with Crippen molar-refractivity contribution >= 4 is 28.7 Å². The van der Waals surface area contributed by atoms with E-state index in [0.717, 1.165) is 22.3 Å². The molecule has 0 saturated carbocycles. The van der Waals surface area contributed by atoms with Crippen LogP contribution in [0.2, 0.25) is 0 Å². The first-order chi connectivity index (χ1) is 8.58. The van der Waals surface area contributed by atoms with Crippen LogP contribution in [0.5, 0.6) is 0 Å². The van der Waals surface area contributed by atoms with Gasteiger partial charge in [-0.3, -0.25) is 4.79 Å². The van der Waals surface area contributed by atoms with Crippen LogP contribution in [0.15, 0.2) is 24.5 Å². The van der Waals surface area contributed by atoms with Crippen LogP contribution < -0.4 is 11.1 Å². The van der Waals surface area contributed by atoms with Gasteiger partial charge in [0.1, 0.15) is 5.65 Å². The lowest BCUT2D eigenvalue weighted by atomic mass is 10.1. The maximum Gasteiger partial charge on any atom is 0.241 e. The van der Waals surface area contributed by atoms with Gasteiger partial charge in [0, 0.05) is 41.1 Å². The Hall–Kier alpha value is -2.30. The number of rotatable bonds is 4. The molecule has 0 saturated heterocycles. The molecule has 4 N–H and O–H groups in total. The lowest BCUT2D eigenvalue weighted by molar-refractivity contribution is -0.113. The molecule has 94 valence electrons. The number of carbonyl (C=O) groups excluding carboxylic acids is 1. The van der Waals surface area contributed by atoms with Crippen molar-refractivity contribution in [3.63, 3.8) is 0 Å². The van der Waals surface area contributed by atoms with Crippen LogP contribution in [0, 0.1) is 0 Å². The highest BCUT2D eigenvalue weighted by Gasteiger charge is 2.08. The molecule has 2 aromatic rings. The predicted molar refractivity (Wildman–Crippen MR) is 73.1 cm³/mol. The van der Waals surface area contributed by atoms with E-state index < -0.39 is 5.91 Å². The number of nitrogens with zero attached hydrogens (tertiary/aromatic N) is 1. The number of hydrogen-bond donors (Lipinski definition) is 3. The first kappa shape index (κ1) is 12.2. The van der Waals surface area contributed by atoms with Crippen LogP contribution in [0.4, 0.5) is 5.69 Å². The SMILES string of the molecule is CC(C)Nc1ccnc2[nH]cc(/C=C/C(N)=O)c12. The lowest BCUT2D eigenvalue weighted by Crippen LogP contribution is -2.10. The van der Waals surface area contributed by atoms with E-state index in [1.807, 2.05) is 12.3 Å². The summed E-state index contributed by atoms with van der Waals surface area (Å²) in [7, 11) is 0. The largest absolute Gasteiger partial charge is 0.382 e. The van der Waals surface area contributed by atoms with Crippen molar-refractivity contribution in [2.45, 2.75) is 19.9 Å². The van der Waals surface area contributed by atoms with E-state index in [-0.39, 0.29) is 0 Å². The quantitative estimate of drug-likeness (QED) is 0.718. The average molecular weight is 244 g/mol. The summed E-state index contributed by atoms with van der Waals surface area (Å²) in [4.78, 5) is 18.1. The Morgan fingerprint density at radius 2 is 2.33 bits per heavy atom. The van der Waals surface area contributed by atoms with Crippen molar-refractivity contribution in [2.75, 3.05) is 5.32 Å². The zero-order valence-corrected chi connectivity index (χ0v) is 10.4. The van der Waals surface area contributed by atoms with Gasteiger partial charge in [-0.2, -0.15) is 0 Å². The minimum absolute atomic E-state index is 0.318. The topological polar surface area (TPSA) is 83.8 Å². The highest BCUT2D eigenvalue weighted by molar-refractivity contribution is 5.99. The van der Waals surface area contributed by atoms with Crippen LogP contribution in [-0.4, -0.2) is 21.9 Å². The third-order valence-corrected chi connectivity index (χ3v) is 2.48. The molecule has 0 aromatic carbocycles. The Labute approximate surface area is 105 Å². The molecule has 0 radical (unpaired) electrons. The molecule has 0 unspecified atom stereocenters. The highest BCUT2D eigenvalue weighted by Crippen LogP contribution is 2.26. The fraction of sp³-hybridized carbons (Fsp3) is 0.231. The van der Waals surface area contributed by atoms with Gasteiger partial charge in [0.05, 0.1) is 0 Å². The van der Waals surface area contributed by atoms with Crippen molar-refractivity contribution in [2.24, 2.45) is 5.73 Å². The minimum Gasteiger partial charge on any atom is -0.382 e. The van der Waals surface area contributed by atoms with Crippen LogP contribution in [0.25, 0.3) is 17.1 Å². The lowest BCUT2D eigenvalue weighted by Gasteiger charge is -2.11. The number of carbonyl (C=O) groups is 1. The monoisotopic (exact) mass is 244 g/mol. The van der Waals surface area contributed by atoms with E-state index >= 15 is 0 Å². The molecule has 1 amide bonds. The number of hydrogen-bond acceptors (Lipinski definition) is 3. The molecule has 2 rings (SSSR count). The number of aromatic nitrogens is 2. The molecule has 2 heterocycles. The molecule has 0 fully saturated rings. The molecule has 5 heteroatoms. The Balaban J connectivity index is 2.51. The molecular weight excluding hydrogens is 228 g/mol. The molecule has 18 heavy (non-hydrogen) atoms. The van der Waals surface area contributed by atoms with Gasteiger partial charge in [-0.1, -0.05) is 0 Å². The van der Waals surface area contributed by atoms with E-state index in [4.69, 9.17) is 5.73 Å². The Morgan fingerprint density at radius 1 is 1.56 bits per heavy atom. The predicted octanol–water partition coefficient (Wildman–Crippen LogP) is 1.88. The third-order valence-electron chi connectivity index (χ3n) is 2.48. The summed E-state index contributed by atoms with van der Waals surface area (Å²) in [6, 6.07) is 2.23. The zero-order chi connectivity index (χ0) is 13.1. The van der Waals surface area contributed by atoms with Crippen LogP contribution in [0.1, 0.15) is 19.4 Å². The summed E-state index contributed by atoms with van der Waals surface area (Å²) >= 11 is 0. The van der Waals surface area contributed by atoms with Gasteiger partial charge in [-0.05, 0) is 26.0 Å². The van der Waals surface area contributed by atoms with E-state index in [1.54, 1.807) is 12.3 Å². The van der Waals surface area contributed by atoms with E-state index in [1.165, 1.54) is 6.08 Å². The van der Waals surface area contributed by atoms with E-state index in [2.05, 4.69) is 29.1 Å². The molecule has 2 aromatic heterocycles. The number of amides is 1. The number of nitrogens with one attached hydrogen (secondary N) is 2. The van der Waals surface area contributed by atoms with Crippen molar-refractivity contribution in [3.05, 3.63) is 30.1 Å². The number of pyridine rings is 1. The second-order valence-corrected chi connectivity index (χ2v) is 4.36. The minimum atomic E-state index is -0.466. The average Bonchev–Trinajstić information content (AvgIpc) is 2.70. The third kappa shape index (κ3) is 2.51. The maximum atomic E-state index is 10.8. The molecule has 0 aliphatic heterocycles. The van der Waals surface area contributed by atoms with Crippen molar-refractivity contribution in [1.82, 2.24) is 9.97 Å². The normalized spacial score (nSPS) is 11.5. The maximum absolute atomic E-state index is 10.8. The molecule has 0 atom stereocenters. The summed E-state index contributed by atoms with van der Waals surface area (Å²) in [5.74, 6) is -0.466. The van der Waals surface area contributed by atoms with Crippen LogP contribution in [-0.2, 0) is 4.79 Å². The van der Waals surface area contributed by atoms with Gasteiger partial charge in [-0.15, -0.1) is 0 Å². The van der Waals surface area contributed by atoms with Gasteiger partial charge < -0.3 is 16.0 Å². The molecule has 0 spiro atoms. The second kappa shape index (κ2) is 4.91. The second-order valence-electron chi connectivity index (χ2n) is 4.36. The highest BCUT2D eigenvalue weighted by atomic mass is 16.1. The number of primary amides is 1. The van der Waals surface area contributed by atoms with Crippen molar-refractivity contribution in [3.8, 4) is 0 Å². The number of anilines is 1. The molecule has 0 aliphatic carbocycles. The number of aromatic amines is 1. The van der Waals surface area contributed by atoms with Gasteiger partial charge in [0.25, 0.3) is 0 Å². The van der Waals surface area contributed by atoms with Crippen LogP contribution in [0.3, 0.4) is 0 Å². The zero-order valence-electron chi connectivity index (χ0n) is 10.4. The molecular formula is C13H16N4O. The van der Waals surface area contributed by atoms with Gasteiger partial charge >= 0.3 is 0 Å². The summed E-state index contributed by atoms with van der Waals surface area (Å²) in [6.45, 7) is 4.13. The van der Waals surface area contributed by atoms with Gasteiger partial charge in [0.2, 0.25) is 5.91 Å². The van der Waals surface area contributed by atoms with Crippen molar-refractivity contribution in [1.29, 1.82) is 0 Å². The molecule has 5 nitrogen and oxygen atoms in total. The summed E-state index contributed by atoms with van der Waals surface area (Å²) < 4.78 is 0. The van der Waals surface area contributed by atoms with E-state index in [0.29, 0.717) is 6.04 Å². The van der Waals surface area contributed by atoms with Gasteiger partial charge in [-0.25, -0.2) is 4.98 Å². The van der Waals surface area contributed by atoms with Gasteiger partial charge in [0.15, 0.2) is 0 Å². The van der Waals surface area contributed by atoms with E-state index in [9.17, 15) is 4.79 Å². The summed E-state index contributed by atoms with van der Waals surface area (Å²) in [5, 5.41) is 4.31.